The van der Waals surface area contributed by atoms with Gasteiger partial charge in [-0.2, -0.15) is 5.10 Å². The Hall–Kier alpha value is -2.67. The van der Waals surface area contributed by atoms with Crippen molar-refractivity contribution in [3.05, 3.63) is 48.3 Å². The first kappa shape index (κ1) is 14.7. The Bertz CT molecular complexity index is 624. The number of hydrogen-bond donors (Lipinski definition) is 2. The fraction of sp³-hybridized carbons (Fsp3) is 0.214. The molecule has 0 aliphatic rings. The number of aromatic nitrogens is 2. The van der Waals surface area contributed by atoms with Gasteiger partial charge in [0.1, 0.15) is 0 Å². The van der Waals surface area contributed by atoms with Crippen molar-refractivity contribution in [1.82, 2.24) is 15.1 Å². The largest absolute Gasteiger partial charge is 0.467 e. The van der Waals surface area contributed by atoms with E-state index >= 15 is 0 Å². The molecule has 0 aliphatic carbocycles. The highest BCUT2D eigenvalue weighted by molar-refractivity contribution is 5.96. The molecule has 0 aliphatic heterocycles. The summed E-state index contributed by atoms with van der Waals surface area (Å²) >= 11 is 0. The van der Waals surface area contributed by atoms with E-state index in [9.17, 15) is 9.59 Å². The van der Waals surface area contributed by atoms with E-state index in [-0.39, 0.29) is 5.56 Å². The van der Waals surface area contributed by atoms with Crippen LogP contribution >= 0.6 is 0 Å². The molecule has 1 aromatic heterocycles. The Kier molecular flexibility index (Phi) is 4.68. The van der Waals surface area contributed by atoms with Gasteiger partial charge in [0.15, 0.2) is 6.04 Å². The molecular weight excluding hydrogens is 274 g/mol. The summed E-state index contributed by atoms with van der Waals surface area (Å²) in [5.41, 5.74) is 1.09. The van der Waals surface area contributed by atoms with Crippen LogP contribution in [0.2, 0.25) is 0 Å². The molecule has 110 valence electrons. The minimum atomic E-state index is -1.09. The lowest BCUT2D eigenvalue weighted by Gasteiger charge is -2.12. The maximum atomic E-state index is 12.0. The summed E-state index contributed by atoms with van der Waals surface area (Å²) in [5, 5.41) is 15.5. The van der Waals surface area contributed by atoms with Crippen molar-refractivity contribution in [2.45, 2.75) is 6.04 Å². The van der Waals surface area contributed by atoms with Crippen LogP contribution in [0.5, 0.6) is 0 Å². The molecule has 1 heterocycles. The molecule has 7 nitrogen and oxygen atoms in total. The Morgan fingerprint density at radius 3 is 2.71 bits per heavy atom. The molecule has 0 unspecified atom stereocenters. The summed E-state index contributed by atoms with van der Waals surface area (Å²) < 4.78 is 6.02. The SMILES string of the molecule is COC(=O)[C@H](CO)NC(=O)c1cnn(-c2ccccc2)c1. The van der Waals surface area contributed by atoms with Crippen molar-refractivity contribution < 1.29 is 19.4 Å². The number of para-hydroxylation sites is 1. The number of amides is 1. The summed E-state index contributed by atoms with van der Waals surface area (Å²) in [5.74, 6) is -1.22. The van der Waals surface area contributed by atoms with Gasteiger partial charge in [-0.25, -0.2) is 9.48 Å². The van der Waals surface area contributed by atoms with Gasteiger partial charge in [-0.15, -0.1) is 0 Å². The Labute approximate surface area is 121 Å². The minimum absolute atomic E-state index is 0.279. The van der Waals surface area contributed by atoms with E-state index in [1.165, 1.54) is 19.5 Å². The molecule has 21 heavy (non-hydrogen) atoms. The van der Waals surface area contributed by atoms with Crippen LogP contribution in [0, 0.1) is 0 Å². The molecule has 0 fully saturated rings. The van der Waals surface area contributed by atoms with Gasteiger partial charge in [0.25, 0.3) is 5.91 Å². The molecule has 0 saturated carbocycles. The molecule has 1 amide bonds. The molecule has 2 N–H and O–H groups in total. The standard InChI is InChI=1S/C14H15N3O4/c1-21-14(20)12(9-18)16-13(19)10-7-15-17(8-10)11-5-3-2-4-6-11/h2-8,12,18H,9H2,1H3,(H,16,19)/t12-/m0/s1. The van der Waals surface area contributed by atoms with E-state index in [2.05, 4.69) is 15.2 Å². The lowest BCUT2D eigenvalue weighted by Crippen LogP contribution is -2.43. The Morgan fingerprint density at radius 1 is 1.38 bits per heavy atom. The highest BCUT2D eigenvalue weighted by atomic mass is 16.5. The fourth-order valence-electron chi connectivity index (χ4n) is 1.72. The van der Waals surface area contributed by atoms with Crippen molar-refractivity contribution in [2.24, 2.45) is 0 Å². The van der Waals surface area contributed by atoms with Gasteiger partial charge in [-0.3, -0.25) is 4.79 Å². The van der Waals surface area contributed by atoms with Gasteiger partial charge in [0.05, 0.1) is 31.2 Å². The van der Waals surface area contributed by atoms with E-state index in [0.717, 1.165) is 5.69 Å². The number of benzene rings is 1. The normalized spacial score (nSPS) is 11.7. The molecule has 2 aromatic rings. The van der Waals surface area contributed by atoms with Gasteiger partial charge < -0.3 is 15.2 Å². The first-order valence-electron chi connectivity index (χ1n) is 6.25. The summed E-state index contributed by atoms with van der Waals surface area (Å²) in [6.45, 7) is -0.536. The predicted octanol–water partition coefficient (Wildman–Crippen LogP) is 0.136. The zero-order chi connectivity index (χ0) is 15.2. The van der Waals surface area contributed by atoms with Gasteiger partial charge in [-0.1, -0.05) is 18.2 Å². The number of carbonyl (C=O) groups is 2. The average Bonchev–Trinajstić information content (AvgIpc) is 3.02. The first-order valence-corrected chi connectivity index (χ1v) is 6.25. The highest BCUT2D eigenvalue weighted by Crippen LogP contribution is 2.07. The van der Waals surface area contributed by atoms with Crippen LogP contribution in [-0.4, -0.2) is 46.5 Å². The molecule has 0 bridgehead atoms. The topological polar surface area (TPSA) is 93.4 Å². The molecule has 0 radical (unpaired) electrons. The summed E-state index contributed by atoms with van der Waals surface area (Å²) in [4.78, 5) is 23.3. The average molecular weight is 289 g/mol. The van der Waals surface area contributed by atoms with Crippen molar-refractivity contribution >= 4 is 11.9 Å². The maximum absolute atomic E-state index is 12.0. The van der Waals surface area contributed by atoms with Crippen molar-refractivity contribution in [3.63, 3.8) is 0 Å². The smallest absolute Gasteiger partial charge is 0.330 e. The van der Waals surface area contributed by atoms with Crippen LogP contribution in [0.1, 0.15) is 10.4 Å². The summed E-state index contributed by atoms with van der Waals surface area (Å²) in [7, 11) is 1.19. The van der Waals surface area contributed by atoms with Crippen molar-refractivity contribution in [3.8, 4) is 5.69 Å². The second-order valence-corrected chi connectivity index (χ2v) is 4.24. The van der Waals surface area contributed by atoms with Crippen LogP contribution in [-0.2, 0) is 9.53 Å². The molecule has 0 saturated heterocycles. The Morgan fingerprint density at radius 2 is 2.10 bits per heavy atom. The zero-order valence-electron chi connectivity index (χ0n) is 11.4. The van der Waals surface area contributed by atoms with Crippen LogP contribution < -0.4 is 5.32 Å². The number of methoxy groups -OCH3 is 1. The maximum Gasteiger partial charge on any atom is 0.330 e. The number of ether oxygens (including phenoxy) is 1. The highest BCUT2D eigenvalue weighted by Gasteiger charge is 2.21. The van der Waals surface area contributed by atoms with Crippen LogP contribution in [0.15, 0.2) is 42.7 Å². The number of nitrogens with one attached hydrogen (secondary N) is 1. The number of aliphatic hydroxyl groups excluding tert-OH is 1. The summed E-state index contributed by atoms with van der Waals surface area (Å²) in [6, 6.07) is 8.19. The third-order valence-electron chi connectivity index (χ3n) is 2.84. The van der Waals surface area contributed by atoms with Crippen molar-refractivity contribution in [1.29, 1.82) is 0 Å². The number of aliphatic hydroxyl groups is 1. The number of nitrogens with zero attached hydrogens (tertiary/aromatic N) is 2. The van der Waals surface area contributed by atoms with E-state index in [1.54, 1.807) is 4.68 Å². The fourth-order valence-corrected chi connectivity index (χ4v) is 1.72. The van der Waals surface area contributed by atoms with E-state index in [4.69, 9.17) is 5.11 Å². The van der Waals surface area contributed by atoms with Gasteiger partial charge in [0, 0.05) is 6.20 Å². The number of hydrogen-bond acceptors (Lipinski definition) is 5. The van der Waals surface area contributed by atoms with Gasteiger partial charge >= 0.3 is 5.97 Å². The van der Waals surface area contributed by atoms with Crippen LogP contribution in [0.25, 0.3) is 5.69 Å². The second-order valence-electron chi connectivity index (χ2n) is 4.24. The number of esters is 1. The third-order valence-corrected chi connectivity index (χ3v) is 2.84. The van der Waals surface area contributed by atoms with Gasteiger partial charge in [-0.05, 0) is 12.1 Å². The van der Waals surface area contributed by atoms with Gasteiger partial charge in [0.2, 0.25) is 0 Å². The molecular formula is C14H15N3O4. The summed E-state index contributed by atoms with van der Waals surface area (Å²) in [6.07, 6.45) is 2.92. The van der Waals surface area contributed by atoms with E-state index < -0.39 is 24.5 Å². The quantitative estimate of drug-likeness (QED) is 0.763. The lowest BCUT2D eigenvalue weighted by molar-refractivity contribution is -0.143. The number of carbonyl (C=O) groups excluding carboxylic acids is 2. The molecule has 0 spiro atoms. The number of rotatable bonds is 5. The molecule has 2 rings (SSSR count). The first-order chi connectivity index (χ1) is 10.2. The monoisotopic (exact) mass is 289 g/mol. The Balaban J connectivity index is 2.11. The minimum Gasteiger partial charge on any atom is -0.467 e. The van der Waals surface area contributed by atoms with Crippen LogP contribution in [0.3, 0.4) is 0 Å². The molecule has 1 atom stereocenters. The zero-order valence-corrected chi connectivity index (χ0v) is 11.4. The van der Waals surface area contributed by atoms with Crippen LogP contribution in [0.4, 0.5) is 0 Å². The third kappa shape index (κ3) is 3.46. The van der Waals surface area contributed by atoms with Crippen molar-refractivity contribution in [2.75, 3.05) is 13.7 Å². The molecule has 1 aromatic carbocycles. The lowest BCUT2D eigenvalue weighted by atomic mass is 10.2. The van der Waals surface area contributed by atoms with E-state index in [1.807, 2.05) is 30.3 Å². The second kappa shape index (κ2) is 6.67. The predicted molar refractivity (Wildman–Crippen MR) is 73.9 cm³/mol. The molecule has 7 heteroatoms. The van der Waals surface area contributed by atoms with E-state index in [0.29, 0.717) is 0 Å².